The van der Waals surface area contributed by atoms with E-state index in [4.69, 9.17) is 10.8 Å². The van der Waals surface area contributed by atoms with E-state index in [1.807, 2.05) is 0 Å². The van der Waals surface area contributed by atoms with Gasteiger partial charge in [-0.05, 0) is 13.8 Å². The van der Waals surface area contributed by atoms with E-state index < -0.39 is 6.09 Å². The lowest BCUT2D eigenvalue weighted by atomic mass is 10.0. The highest BCUT2D eigenvalue weighted by atomic mass is 16.4. The van der Waals surface area contributed by atoms with Gasteiger partial charge in [0.25, 0.3) is 0 Å². The zero-order valence-electron chi connectivity index (χ0n) is 8.86. The Bertz CT molecular complexity index is 210. The van der Waals surface area contributed by atoms with Crippen LogP contribution in [0.4, 0.5) is 4.79 Å². The molecule has 0 aromatic carbocycles. The molecule has 1 saturated heterocycles. The molecular formula is C9H19N3O2. The fraction of sp³-hybridized carbons (Fsp3) is 0.889. The van der Waals surface area contributed by atoms with Gasteiger partial charge in [0.05, 0.1) is 0 Å². The molecule has 3 N–H and O–H groups in total. The van der Waals surface area contributed by atoms with Gasteiger partial charge in [0, 0.05) is 38.3 Å². The van der Waals surface area contributed by atoms with E-state index in [9.17, 15) is 4.79 Å². The van der Waals surface area contributed by atoms with Gasteiger partial charge in [-0.15, -0.1) is 0 Å². The van der Waals surface area contributed by atoms with E-state index >= 15 is 0 Å². The molecule has 0 unspecified atom stereocenters. The highest BCUT2D eigenvalue weighted by molar-refractivity contribution is 5.65. The van der Waals surface area contributed by atoms with Crippen molar-refractivity contribution in [3.8, 4) is 0 Å². The summed E-state index contributed by atoms with van der Waals surface area (Å²) in [5.74, 6) is 0. The predicted molar refractivity (Wildman–Crippen MR) is 54.3 cm³/mol. The highest BCUT2D eigenvalue weighted by Crippen LogP contribution is 2.15. The van der Waals surface area contributed by atoms with E-state index in [1.165, 1.54) is 4.90 Å². The number of nitrogens with two attached hydrogens (primary N) is 1. The Morgan fingerprint density at radius 1 is 1.36 bits per heavy atom. The van der Waals surface area contributed by atoms with Gasteiger partial charge in [0.1, 0.15) is 0 Å². The van der Waals surface area contributed by atoms with Gasteiger partial charge in [0.15, 0.2) is 0 Å². The average molecular weight is 201 g/mol. The van der Waals surface area contributed by atoms with Crippen molar-refractivity contribution in [2.75, 3.05) is 32.7 Å². The molecule has 1 aliphatic rings. The molecule has 1 heterocycles. The van der Waals surface area contributed by atoms with Crippen molar-refractivity contribution in [2.45, 2.75) is 19.4 Å². The molecule has 14 heavy (non-hydrogen) atoms. The SMILES string of the molecule is CC(C)(CN)N1CCN(C(=O)O)CC1. The second-order valence-electron chi connectivity index (χ2n) is 4.27. The van der Waals surface area contributed by atoms with Crippen molar-refractivity contribution in [1.82, 2.24) is 9.80 Å². The summed E-state index contributed by atoms with van der Waals surface area (Å²) in [6.45, 7) is 7.48. The van der Waals surface area contributed by atoms with Gasteiger partial charge in [-0.25, -0.2) is 4.79 Å². The van der Waals surface area contributed by atoms with Crippen molar-refractivity contribution in [2.24, 2.45) is 5.73 Å². The fourth-order valence-electron chi connectivity index (χ4n) is 1.63. The van der Waals surface area contributed by atoms with Gasteiger partial charge >= 0.3 is 6.09 Å². The first-order valence-electron chi connectivity index (χ1n) is 4.90. The molecule has 0 spiro atoms. The number of amides is 1. The van der Waals surface area contributed by atoms with E-state index in [0.717, 1.165) is 13.1 Å². The predicted octanol–water partition coefficient (Wildman–Crippen LogP) is 0.0193. The lowest BCUT2D eigenvalue weighted by molar-refractivity contribution is 0.0554. The molecule has 0 atom stereocenters. The molecule has 0 aliphatic carbocycles. The molecule has 5 heteroatoms. The quantitative estimate of drug-likeness (QED) is 0.660. The van der Waals surface area contributed by atoms with Crippen LogP contribution < -0.4 is 5.73 Å². The molecule has 0 aromatic rings. The standard InChI is InChI=1S/C9H19N3O2/c1-9(2,7-10)12-5-3-11(4-6-12)8(13)14/h3-7,10H2,1-2H3,(H,13,14). The molecule has 1 rings (SSSR count). The Morgan fingerprint density at radius 3 is 2.21 bits per heavy atom. The first-order chi connectivity index (χ1) is 6.47. The molecular weight excluding hydrogens is 182 g/mol. The second kappa shape index (κ2) is 4.14. The summed E-state index contributed by atoms with van der Waals surface area (Å²) < 4.78 is 0. The maximum atomic E-state index is 10.7. The van der Waals surface area contributed by atoms with Gasteiger partial charge < -0.3 is 15.7 Å². The molecule has 0 bridgehead atoms. The number of carboxylic acid groups (broad SMARTS) is 1. The Kier molecular flexibility index (Phi) is 3.34. The summed E-state index contributed by atoms with van der Waals surface area (Å²) in [6.07, 6.45) is -0.824. The molecule has 1 fully saturated rings. The van der Waals surface area contributed by atoms with E-state index in [1.54, 1.807) is 0 Å². The number of carbonyl (C=O) groups is 1. The van der Waals surface area contributed by atoms with Crippen LogP contribution in [0.25, 0.3) is 0 Å². The van der Waals surface area contributed by atoms with Crippen LogP contribution in [-0.2, 0) is 0 Å². The van der Waals surface area contributed by atoms with Crippen molar-refractivity contribution in [1.29, 1.82) is 0 Å². The molecule has 0 saturated carbocycles. The van der Waals surface area contributed by atoms with Gasteiger partial charge in [0.2, 0.25) is 0 Å². The Morgan fingerprint density at radius 2 is 1.86 bits per heavy atom. The molecule has 1 aliphatic heterocycles. The Hall–Kier alpha value is -0.810. The Balaban J connectivity index is 2.47. The molecule has 82 valence electrons. The smallest absolute Gasteiger partial charge is 0.407 e. The highest BCUT2D eigenvalue weighted by Gasteiger charge is 2.29. The topological polar surface area (TPSA) is 69.8 Å². The monoisotopic (exact) mass is 201 g/mol. The summed E-state index contributed by atoms with van der Waals surface area (Å²) in [5, 5.41) is 8.77. The van der Waals surface area contributed by atoms with Crippen LogP contribution in [0.15, 0.2) is 0 Å². The number of hydrogen-bond donors (Lipinski definition) is 2. The molecule has 0 radical (unpaired) electrons. The van der Waals surface area contributed by atoms with Crippen molar-refractivity contribution < 1.29 is 9.90 Å². The first kappa shape index (κ1) is 11.3. The molecule has 5 nitrogen and oxygen atoms in total. The maximum Gasteiger partial charge on any atom is 0.407 e. The molecule has 0 aromatic heterocycles. The zero-order chi connectivity index (χ0) is 10.8. The summed E-state index contributed by atoms with van der Waals surface area (Å²) in [5.41, 5.74) is 5.64. The summed E-state index contributed by atoms with van der Waals surface area (Å²) in [7, 11) is 0. The molecule has 1 amide bonds. The second-order valence-corrected chi connectivity index (χ2v) is 4.27. The number of hydrogen-bond acceptors (Lipinski definition) is 3. The summed E-state index contributed by atoms with van der Waals surface area (Å²) >= 11 is 0. The van der Waals surface area contributed by atoms with E-state index in [-0.39, 0.29) is 5.54 Å². The summed E-state index contributed by atoms with van der Waals surface area (Å²) in [4.78, 5) is 14.4. The lowest BCUT2D eigenvalue weighted by Crippen LogP contribution is -2.58. The van der Waals surface area contributed by atoms with Gasteiger partial charge in [-0.3, -0.25) is 4.90 Å². The fourth-order valence-corrected chi connectivity index (χ4v) is 1.63. The first-order valence-corrected chi connectivity index (χ1v) is 4.90. The van der Waals surface area contributed by atoms with Crippen LogP contribution in [-0.4, -0.2) is 59.3 Å². The van der Waals surface area contributed by atoms with Gasteiger partial charge in [-0.1, -0.05) is 0 Å². The van der Waals surface area contributed by atoms with Crippen LogP contribution in [0, 0.1) is 0 Å². The third kappa shape index (κ3) is 2.36. The van der Waals surface area contributed by atoms with Crippen LogP contribution in [0.2, 0.25) is 0 Å². The minimum absolute atomic E-state index is 0.0232. The van der Waals surface area contributed by atoms with Crippen LogP contribution in [0.3, 0.4) is 0 Å². The summed E-state index contributed by atoms with van der Waals surface area (Å²) in [6, 6.07) is 0. The maximum absolute atomic E-state index is 10.7. The minimum atomic E-state index is -0.824. The minimum Gasteiger partial charge on any atom is -0.465 e. The van der Waals surface area contributed by atoms with Crippen molar-refractivity contribution >= 4 is 6.09 Å². The number of piperazine rings is 1. The van der Waals surface area contributed by atoms with Crippen LogP contribution >= 0.6 is 0 Å². The van der Waals surface area contributed by atoms with Crippen molar-refractivity contribution in [3.63, 3.8) is 0 Å². The number of rotatable bonds is 2. The zero-order valence-corrected chi connectivity index (χ0v) is 8.86. The lowest BCUT2D eigenvalue weighted by Gasteiger charge is -2.42. The third-order valence-electron chi connectivity index (χ3n) is 2.91. The van der Waals surface area contributed by atoms with Crippen LogP contribution in [0.5, 0.6) is 0 Å². The van der Waals surface area contributed by atoms with E-state index in [0.29, 0.717) is 19.6 Å². The Labute approximate surface area is 84.5 Å². The van der Waals surface area contributed by atoms with E-state index in [2.05, 4.69) is 18.7 Å². The number of nitrogens with zero attached hydrogens (tertiary/aromatic N) is 2. The van der Waals surface area contributed by atoms with Gasteiger partial charge in [-0.2, -0.15) is 0 Å². The average Bonchev–Trinajstić information content (AvgIpc) is 2.18. The third-order valence-corrected chi connectivity index (χ3v) is 2.91. The normalized spacial score (nSPS) is 19.8. The largest absolute Gasteiger partial charge is 0.465 e. The van der Waals surface area contributed by atoms with Crippen LogP contribution in [0.1, 0.15) is 13.8 Å². The van der Waals surface area contributed by atoms with Crippen molar-refractivity contribution in [3.05, 3.63) is 0 Å².